The summed E-state index contributed by atoms with van der Waals surface area (Å²) < 4.78 is 32.2. The van der Waals surface area contributed by atoms with Crippen LogP contribution in [0.5, 0.6) is 0 Å². The number of carbonyl (C=O) groups is 1. The molecule has 7 nitrogen and oxygen atoms in total. The normalized spacial score (nSPS) is 21.4. The van der Waals surface area contributed by atoms with Gasteiger partial charge in [0.1, 0.15) is 4.21 Å². The fourth-order valence-electron chi connectivity index (χ4n) is 3.47. The fourth-order valence-corrected chi connectivity index (χ4v) is 6.04. The van der Waals surface area contributed by atoms with E-state index < -0.39 is 10.0 Å². The monoisotopic (exact) mass is 387 g/mol. The molecule has 2 fully saturated rings. The van der Waals surface area contributed by atoms with Crippen LogP contribution < -0.4 is 0 Å². The van der Waals surface area contributed by atoms with E-state index >= 15 is 0 Å². The Hall–Kier alpha value is -1.16. The van der Waals surface area contributed by atoms with E-state index in [0.29, 0.717) is 43.0 Å². The first-order valence-electron chi connectivity index (χ1n) is 8.71. The molecule has 0 N–H and O–H groups in total. The van der Waals surface area contributed by atoms with Gasteiger partial charge in [-0.05, 0) is 31.2 Å². The molecule has 9 heteroatoms. The second-order valence-electron chi connectivity index (χ2n) is 6.29. The molecule has 0 bridgehead atoms. The molecule has 0 spiro atoms. The zero-order valence-electron chi connectivity index (χ0n) is 14.5. The van der Waals surface area contributed by atoms with Crippen molar-refractivity contribution in [2.45, 2.75) is 30.0 Å². The molecule has 3 rings (SSSR count). The molecule has 1 amide bonds. The van der Waals surface area contributed by atoms with Crippen molar-refractivity contribution < 1.29 is 17.9 Å². The van der Waals surface area contributed by atoms with Crippen LogP contribution in [0, 0.1) is 0 Å². The number of sulfonamides is 1. The first kappa shape index (κ1) is 18.6. The third-order valence-electron chi connectivity index (χ3n) is 4.87. The lowest BCUT2D eigenvalue weighted by Crippen LogP contribution is -2.54. The fraction of sp³-hybridized carbons (Fsp3) is 0.688. The maximum atomic E-state index is 12.6. The minimum absolute atomic E-state index is 0.229. The predicted octanol–water partition coefficient (Wildman–Crippen LogP) is 1.68. The van der Waals surface area contributed by atoms with Gasteiger partial charge in [0, 0.05) is 45.3 Å². The van der Waals surface area contributed by atoms with Crippen molar-refractivity contribution in [3.63, 3.8) is 0 Å². The van der Waals surface area contributed by atoms with Crippen LogP contribution in [0.1, 0.15) is 19.8 Å². The first-order valence-corrected chi connectivity index (χ1v) is 11.0. The van der Waals surface area contributed by atoms with E-state index in [0.717, 1.165) is 25.9 Å². The molecule has 0 aromatic carbocycles. The van der Waals surface area contributed by atoms with Crippen LogP contribution in [0.4, 0.5) is 4.79 Å². The predicted molar refractivity (Wildman–Crippen MR) is 96.3 cm³/mol. The van der Waals surface area contributed by atoms with Crippen LogP contribution >= 0.6 is 11.3 Å². The van der Waals surface area contributed by atoms with Gasteiger partial charge < -0.3 is 9.64 Å². The molecule has 1 aromatic heterocycles. The second-order valence-corrected chi connectivity index (χ2v) is 9.40. The molecule has 0 unspecified atom stereocenters. The summed E-state index contributed by atoms with van der Waals surface area (Å²) in [6, 6.07) is 3.85. The topological polar surface area (TPSA) is 70.2 Å². The Morgan fingerprint density at radius 2 is 1.88 bits per heavy atom. The van der Waals surface area contributed by atoms with E-state index in [-0.39, 0.29) is 6.09 Å². The number of ether oxygens (including phenoxy) is 1. The number of hydrogen-bond donors (Lipinski definition) is 0. The van der Waals surface area contributed by atoms with E-state index in [1.165, 1.54) is 11.3 Å². The maximum Gasteiger partial charge on any atom is 0.409 e. The summed E-state index contributed by atoms with van der Waals surface area (Å²) in [6.07, 6.45) is 1.60. The minimum Gasteiger partial charge on any atom is -0.450 e. The van der Waals surface area contributed by atoms with Gasteiger partial charge in [0.15, 0.2) is 0 Å². The van der Waals surface area contributed by atoms with Crippen molar-refractivity contribution in [2.24, 2.45) is 0 Å². The van der Waals surface area contributed by atoms with Crippen molar-refractivity contribution in [3.8, 4) is 0 Å². The van der Waals surface area contributed by atoms with Gasteiger partial charge in [-0.1, -0.05) is 6.07 Å². The molecule has 1 aromatic rings. The average Bonchev–Trinajstić information content (AvgIpc) is 3.18. The zero-order valence-corrected chi connectivity index (χ0v) is 16.1. The van der Waals surface area contributed by atoms with Crippen LogP contribution in [0.3, 0.4) is 0 Å². The Labute approximate surface area is 153 Å². The highest BCUT2D eigenvalue weighted by atomic mass is 32.2. The van der Waals surface area contributed by atoms with Crippen molar-refractivity contribution in [1.29, 1.82) is 0 Å². The first-order chi connectivity index (χ1) is 12.0. The Kier molecular flexibility index (Phi) is 5.98. The molecule has 0 aliphatic carbocycles. The van der Waals surface area contributed by atoms with Crippen LogP contribution in [0.25, 0.3) is 0 Å². The van der Waals surface area contributed by atoms with E-state index in [1.54, 1.807) is 26.7 Å². The van der Waals surface area contributed by atoms with Crippen LogP contribution in [0.15, 0.2) is 21.7 Å². The number of carbonyl (C=O) groups excluding carboxylic acids is 1. The molecule has 2 saturated heterocycles. The van der Waals surface area contributed by atoms with E-state index in [4.69, 9.17) is 4.74 Å². The zero-order chi connectivity index (χ0) is 17.9. The number of hydrogen-bond acceptors (Lipinski definition) is 6. The molecule has 2 aliphatic heterocycles. The van der Waals surface area contributed by atoms with Gasteiger partial charge in [-0.25, -0.2) is 13.2 Å². The molecule has 0 radical (unpaired) electrons. The molecular weight excluding hydrogens is 362 g/mol. The molecule has 140 valence electrons. The standard InChI is InChI=1S/C16H25N3O4S2/c1-2-23-16(20)18-7-5-14(6-8-18)17-9-11-19(12-10-17)25(21,22)15-4-3-13-24-15/h3-4,13-14H,2,5-12H2,1H3. The molecule has 25 heavy (non-hydrogen) atoms. The number of piperazine rings is 1. The minimum atomic E-state index is -3.34. The molecule has 0 atom stereocenters. The summed E-state index contributed by atoms with van der Waals surface area (Å²) in [7, 11) is -3.34. The lowest BCUT2D eigenvalue weighted by atomic mass is 10.0. The number of nitrogens with zero attached hydrogens (tertiary/aromatic N) is 3. The van der Waals surface area contributed by atoms with Crippen LogP contribution in [0.2, 0.25) is 0 Å². The summed E-state index contributed by atoms with van der Waals surface area (Å²) in [5.41, 5.74) is 0. The highest BCUT2D eigenvalue weighted by Crippen LogP contribution is 2.24. The molecule has 3 heterocycles. The van der Waals surface area contributed by atoms with Crippen molar-refractivity contribution in [2.75, 3.05) is 45.9 Å². The summed E-state index contributed by atoms with van der Waals surface area (Å²) >= 11 is 1.27. The summed E-state index contributed by atoms with van der Waals surface area (Å²) in [5, 5.41) is 1.79. The molecule has 0 saturated carbocycles. The lowest BCUT2D eigenvalue weighted by Gasteiger charge is -2.42. The van der Waals surface area contributed by atoms with Gasteiger partial charge in [-0.15, -0.1) is 11.3 Å². The highest BCUT2D eigenvalue weighted by Gasteiger charge is 2.33. The Bertz CT molecular complexity index is 662. The van der Waals surface area contributed by atoms with Gasteiger partial charge in [-0.3, -0.25) is 4.90 Å². The van der Waals surface area contributed by atoms with E-state index in [9.17, 15) is 13.2 Å². The third-order valence-corrected chi connectivity index (χ3v) is 8.14. The molecule has 2 aliphatic rings. The lowest BCUT2D eigenvalue weighted by molar-refractivity contribution is 0.0633. The summed E-state index contributed by atoms with van der Waals surface area (Å²) in [5.74, 6) is 0. The quantitative estimate of drug-likeness (QED) is 0.786. The SMILES string of the molecule is CCOC(=O)N1CCC(N2CCN(S(=O)(=O)c3cccs3)CC2)CC1. The number of rotatable bonds is 4. The summed E-state index contributed by atoms with van der Waals surface area (Å²) in [6.45, 7) is 6.17. The van der Waals surface area contributed by atoms with Crippen LogP contribution in [-0.4, -0.2) is 80.5 Å². The van der Waals surface area contributed by atoms with Crippen molar-refractivity contribution in [1.82, 2.24) is 14.1 Å². The summed E-state index contributed by atoms with van der Waals surface area (Å²) in [4.78, 5) is 15.9. The highest BCUT2D eigenvalue weighted by molar-refractivity contribution is 7.91. The van der Waals surface area contributed by atoms with Crippen LogP contribution in [-0.2, 0) is 14.8 Å². The van der Waals surface area contributed by atoms with E-state index in [2.05, 4.69) is 4.90 Å². The molecular formula is C16H25N3O4S2. The van der Waals surface area contributed by atoms with Gasteiger partial charge in [0.2, 0.25) is 0 Å². The largest absolute Gasteiger partial charge is 0.450 e. The van der Waals surface area contributed by atoms with Crippen molar-refractivity contribution >= 4 is 27.5 Å². The number of amides is 1. The van der Waals surface area contributed by atoms with Gasteiger partial charge in [0.25, 0.3) is 10.0 Å². The average molecular weight is 388 g/mol. The Morgan fingerprint density at radius 3 is 2.44 bits per heavy atom. The van der Waals surface area contributed by atoms with Gasteiger partial charge in [0.05, 0.1) is 6.61 Å². The van der Waals surface area contributed by atoms with E-state index in [1.807, 2.05) is 6.92 Å². The third kappa shape index (κ3) is 4.16. The number of thiophene rings is 1. The Balaban J connectivity index is 1.50. The smallest absolute Gasteiger partial charge is 0.409 e. The second kappa shape index (κ2) is 8.03. The van der Waals surface area contributed by atoms with Gasteiger partial charge >= 0.3 is 6.09 Å². The Morgan fingerprint density at radius 1 is 1.20 bits per heavy atom. The number of piperidine rings is 1. The van der Waals surface area contributed by atoms with Gasteiger partial charge in [-0.2, -0.15) is 4.31 Å². The number of likely N-dealkylation sites (tertiary alicyclic amines) is 1. The van der Waals surface area contributed by atoms with Crippen molar-refractivity contribution in [3.05, 3.63) is 17.5 Å². The maximum absolute atomic E-state index is 12.6.